The summed E-state index contributed by atoms with van der Waals surface area (Å²) in [6.45, 7) is 7.28. The first-order valence-corrected chi connectivity index (χ1v) is 7.16. The second-order valence-electron chi connectivity index (χ2n) is 5.69. The summed E-state index contributed by atoms with van der Waals surface area (Å²) < 4.78 is 0. The number of benzene rings is 1. The molecule has 0 radical (unpaired) electrons. The molecule has 1 amide bonds. The van der Waals surface area contributed by atoms with Gasteiger partial charge in [-0.05, 0) is 57.7 Å². The van der Waals surface area contributed by atoms with E-state index in [1.54, 1.807) is 0 Å². The maximum absolute atomic E-state index is 12.0. The van der Waals surface area contributed by atoms with Crippen molar-refractivity contribution in [3.05, 3.63) is 34.9 Å². The Balaban J connectivity index is 0.00000200. The summed E-state index contributed by atoms with van der Waals surface area (Å²) >= 11 is 0. The zero-order valence-corrected chi connectivity index (χ0v) is 13.3. The van der Waals surface area contributed by atoms with Gasteiger partial charge in [-0.3, -0.25) is 4.79 Å². The topological polar surface area (TPSA) is 41.1 Å². The van der Waals surface area contributed by atoms with Gasteiger partial charge in [0.2, 0.25) is 5.91 Å². The van der Waals surface area contributed by atoms with Gasteiger partial charge in [0.25, 0.3) is 0 Å². The van der Waals surface area contributed by atoms with Crippen LogP contribution in [0.3, 0.4) is 0 Å². The molecule has 1 saturated heterocycles. The van der Waals surface area contributed by atoms with Gasteiger partial charge < -0.3 is 10.6 Å². The standard InChI is InChI=1S/C16H24N2O.ClH/c1-11-6-7-14(12(2)9-11)10-13(3)18-16(19)15-5-4-8-17-15;/h6-7,9,13,15,17H,4-5,8,10H2,1-3H3,(H,18,19);1H. The minimum absolute atomic E-state index is 0. The molecule has 1 aliphatic heterocycles. The SMILES string of the molecule is Cc1ccc(CC(C)NC(=O)C2CCCN2)c(C)c1.Cl. The lowest BCUT2D eigenvalue weighted by Crippen LogP contribution is -2.44. The van der Waals surface area contributed by atoms with Crippen LogP contribution in [0, 0.1) is 13.8 Å². The van der Waals surface area contributed by atoms with E-state index in [4.69, 9.17) is 0 Å². The van der Waals surface area contributed by atoms with Gasteiger partial charge >= 0.3 is 0 Å². The Hall–Kier alpha value is -1.06. The molecular weight excluding hydrogens is 272 g/mol. The first kappa shape index (κ1) is 17.0. The van der Waals surface area contributed by atoms with Crippen LogP contribution in [0.4, 0.5) is 0 Å². The zero-order valence-electron chi connectivity index (χ0n) is 12.5. The van der Waals surface area contributed by atoms with Crippen molar-refractivity contribution < 1.29 is 4.79 Å². The van der Waals surface area contributed by atoms with Gasteiger partial charge in [0.15, 0.2) is 0 Å². The van der Waals surface area contributed by atoms with Gasteiger partial charge in [0, 0.05) is 6.04 Å². The molecule has 2 rings (SSSR count). The number of hydrogen-bond donors (Lipinski definition) is 2. The lowest BCUT2D eigenvalue weighted by molar-refractivity contribution is -0.123. The van der Waals surface area contributed by atoms with Crippen molar-refractivity contribution in [2.24, 2.45) is 0 Å². The molecule has 1 fully saturated rings. The van der Waals surface area contributed by atoms with Crippen LogP contribution >= 0.6 is 12.4 Å². The molecule has 3 nitrogen and oxygen atoms in total. The highest BCUT2D eigenvalue weighted by Gasteiger charge is 2.22. The number of carbonyl (C=O) groups excluding carboxylic acids is 1. The molecule has 1 aromatic rings. The van der Waals surface area contributed by atoms with Crippen molar-refractivity contribution in [1.82, 2.24) is 10.6 Å². The summed E-state index contributed by atoms with van der Waals surface area (Å²) in [4.78, 5) is 12.0. The summed E-state index contributed by atoms with van der Waals surface area (Å²) in [5.41, 5.74) is 3.91. The second-order valence-corrected chi connectivity index (χ2v) is 5.69. The Morgan fingerprint density at radius 2 is 2.20 bits per heavy atom. The predicted molar refractivity (Wildman–Crippen MR) is 85.5 cm³/mol. The quantitative estimate of drug-likeness (QED) is 0.896. The number of nitrogens with one attached hydrogen (secondary N) is 2. The third kappa shape index (κ3) is 4.50. The van der Waals surface area contributed by atoms with E-state index in [0.717, 1.165) is 25.8 Å². The van der Waals surface area contributed by atoms with Gasteiger partial charge in [-0.15, -0.1) is 12.4 Å². The molecular formula is C16H25ClN2O. The van der Waals surface area contributed by atoms with Crippen molar-refractivity contribution >= 4 is 18.3 Å². The van der Waals surface area contributed by atoms with Crippen LogP contribution < -0.4 is 10.6 Å². The lowest BCUT2D eigenvalue weighted by atomic mass is 10.00. The van der Waals surface area contributed by atoms with Crippen LogP contribution in [0.15, 0.2) is 18.2 Å². The number of aryl methyl sites for hydroxylation is 2. The zero-order chi connectivity index (χ0) is 13.8. The molecule has 1 aliphatic rings. The summed E-state index contributed by atoms with van der Waals surface area (Å²) in [5.74, 6) is 0.148. The highest BCUT2D eigenvalue weighted by Crippen LogP contribution is 2.13. The molecule has 0 saturated carbocycles. The van der Waals surface area contributed by atoms with Crippen molar-refractivity contribution in [2.75, 3.05) is 6.54 Å². The normalized spacial score (nSPS) is 19.2. The fraction of sp³-hybridized carbons (Fsp3) is 0.562. The smallest absolute Gasteiger partial charge is 0.237 e. The number of carbonyl (C=O) groups is 1. The average molecular weight is 297 g/mol. The molecule has 1 aromatic carbocycles. The van der Waals surface area contributed by atoms with E-state index in [2.05, 4.69) is 49.6 Å². The minimum atomic E-state index is 0. The van der Waals surface area contributed by atoms with E-state index in [0.29, 0.717) is 0 Å². The Labute approximate surface area is 127 Å². The van der Waals surface area contributed by atoms with Gasteiger partial charge in [-0.25, -0.2) is 0 Å². The highest BCUT2D eigenvalue weighted by molar-refractivity contribution is 5.85. The fourth-order valence-corrected chi connectivity index (χ4v) is 2.71. The Morgan fingerprint density at radius 1 is 1.45 bits per heavy atom. The third-order valence-corrected chi connectivity index (χ3v) is 3.79. The summed E-state index contributed by atoms with van der Waals surface area (Å²) in [7, 11) is 0. The molecule has 4 heteroatoms. The number of rotatable bonds is 4. The molecule has 0 spiro atoms. The maximum atomic E-state index is 12.0. The first-order chi connectivity index (χ1) is 9.06. The molecule has 0 bridgehead atoms. The van der Waals surface area contributed by atoms with Crippen molar-refractivity contribution in [3.8, 4) is 0 Å². The molecule has 20 heavy (non-hydrogen) atoms. The van der Waals surface area contributed by atoms with Gasteiger partial charge in [0.1, 0.15) is 0 Å². The first-order valence-electron chi connectivity index (χ1n) is 7.16. The van der Waals surface area contributed by atoms with E-state index in [-0.39, 0.29) is 30.4 Å². The van der Waals surface area contributed by atoms with E-state index in [1.807, 2.05) is 0 Å². The Morgan fingerprint density at radius 3 is 2.80 bits per heavy atom. The molecule has 2 N–H and O–H groups in total. The molecule has 2 atom stereocenters. The van der Waals surface area contributed by atoms with Crippen molar-refractivity contribution in [3.63, 3.8) is 0 Å². The minimum Gasteiger partial charge on any atom is -0.352 e. The van der Waals surface area contributed by atoms with Crippen LogP contribution in [0.25, 0.3) is 0 Å². The van der Waals surface area contributed by atoms with E-state index < -0.39 is 0 Å². The molecule has 1 heterocycles. The third-order valence-electron chi connectivity index (χ3n) is 3.79. The van der Waals surface area contributed by atoms with Crippen LogP contribution in [-0.4, -0.2) is 24.5 Å². The number of amides is 1. The predicted octanol–water partition coefficient (Wildman–Crippen LogP) is 2.52. The van der Waals surface area contributed by atoms with Crippen LogP contribution in [0.5, 0.6) is 0 Å². The summed E-state index contributed by atoms with van der Waals surface area (Å²) in [6.07, 6.45) is 2.95. The van der Waals surface area contributed by atoms with Crippen LogP contribution in [0.2, 0.25) is 0 Å². The van der Waals surface area contributed by atoms with Crippen molar-refractivity contribution in [2.45, 2.75) is 52.1 Å². The van der Waals surface area contributed by atoms with Gasteiger partial charge in [-0.2, -0.15) is 0 Å². The highest BCUT2D eigenvalue weighted by atomic mass is 35.5. The average Bonchev–Trinajstić information content (AvgIpc) is 2.86. The van der Waals surface area contributed by atoms with Crippen LogP contribution in [-0.2, 0) is 11.2 Å². The molecule has 0 aromatic heterocycles. The molecule has 112 valence electrons. The van der Waals surface area contributed by atoms with E-state index in [1.165, 1.54) is 16.7 Å². The fourth-order valence-electron chi connectivity index (χ4n) is 2.71. The lowest BCUT2D eigenvalue weighted by Gasteiger charge is -2.18. The van der Waals surface area contributed by atoms with E-state index >= 15 is 0 Å². The Kier molecular flexibility index (Phi) is 6.50. The second kappa shape index (κ2) is 7.65. The molecule has 0 aliphatic carbocycles. The summed E-state index contributed by atoms with van der Waals surface area (Å²) in [6, 6.07) is 6.69. The largest absolute Gasteiger partial charge is 0.352 e. The number of hydrogen-bond acceptors (Lipinski definition) is 2. The van der Waals surface area contributed by atoms with Crippen molar-refractivity contribution in [1.29, 1.82) is 0 Å². The molecule has 2 unspecified atom stereocenters. The van der Waals surface area contributed by atoms with E-state index in [9.17, 15) is 4.79 Å². The Bertz CT molecular complexity index is 456. The van der Waals surface area contributed by atoms with Gasteiger partial charge in [-0.1, -0.05) is 23.8 Å². The number of halogens is 1. The van der Waals surface area contributed by atoms with Crippen LogP contribution in [0.1, 0.15) is 36.5 Å². The summed E-state index contributed by atoms with van der Waals surface area (Å²) in [5, 5.41) is 6.34. The maximum Gasteiger partial charge on any atom is 0.237 e. The monoisotopic (exact) mass is 296 g/mol. The van der Waals surface area contributed by atoms with Gasteiger partial charge in [0.05, 0.1) is 6.04 Å².